The zero-order chi connectivity index (χ0) is 22.1. The molecule has 0 unspecified atom stereocenters. The molecule has 0 saturated carbocycles. The van der Waals surface area contributed by atoms with Crippen LogP contribution < -0.4 is 14.2 Å². The van der Waals surface area contributed by atoms with Crippen LogP contribution in [-0.2, 0) is 14.3 Å². The Labute approximate surface area is 176 Å². The lowest BCUT2D eigenvalue weighted by Gasteiger charge is -2.25. The highest BCUT2D eigenvalue weighted by atomic mass is 16.5. The number of hydrogen-bond donors (Lipinski definition) is 0. The maximum absolute atomic E-state index is 12.4. The molecule has 0 N–H and O–H groups in total. The van der Waals surface area contributed by atoms with E-state index in [9.17, 15) is 9.59 Å². The molecule has 0 fully saturated rings. The van der Waals surface area contributed by atoms with Crippen LogP contribution in [0.15, 0.2) is 48.5 Å². The highest BCUT2D eigenvalue weighted by Gasteiger charge is 2.18. The van der Waals surface area contributed by atoms with E-state index in [1.807, 2.05) is 37.3 Å². The van der Waals surface area contributed by atoms with E-state index in [1.165, 1.54) is 33.5 Å². The Morgan fingerprint density at radius 1 is 0.967 bits per heavy atom. The second-order valence-electron chi connectivity index (χ2n) is 6.48. The average molecular weight is 413 g/mol. The minimum absolute atomic E-state index is 0.135. The largest absolute Gasteiger partial charge is 0.496 e. The summed E-state index contributed by atoms with van der Waals surface area (Å²) in [6, 6.07) is 12.8. The quantitative estimate of drug-likeness (QED) is 0.463. The minimum Gasteiger partial charge on any atom is -0.496 e. The van der Waals surface area contributed by atoms with Gasteiger partial charge in [-0.25, -0.2) is 4.79 Å². The lowest BCUT2D eigenvalue weighted by Crippen LogP contribution is -2.33. The molecule has 30 heavy (non-hydrogen) atoms. The standard InChI is InChI=1S/C23H27NO6/c1-16(17-9-7-6-8-10-17)24(2)22(25)15-30-23(26)12-11-18-13-20(28-4)21(29-5)14-19(18)27-3/h6-14,16H,15H2,1-5H3/b12-11+/t16-/m1/s1. The monoisotopic (exact) mass is 413 g/mol. The van der Waals surface area contributed by atoms with Gasteiger partial charge >= 0.3 is 5.97 Å². The number of amides is 1. The van der Waals surface area contributed by atoms with E-state index in [1.54, 1.807) is 24.1 Å². The third-order valence-electron chi connectivity index (χ3n) is 4.73. The third kappa shape index (κ3) is 5.76. The number of hydrogen-bond acceptors (Lipinski definition) is 6. The molecule has 0 spiro atoms. The minimum atomic E-state index is -0.638. The lowest BCUT2D eigenvalue weighted by atomic mass is 10.1. The first-order chi connectivity index (χ1) is 14.4. The number of carbonyl (C=O) groups excluding carboxylic acids is 2. The Bertz CT molecular complexity index is 894. The van der Waals surface area contributed by atoms with Crippen LogP contribution in [0.2, 0.25) is 0 Å². The van der Waals surface area contributed by atoms with Crippen LogP contribution in [0.25, 0.3) is 6.08 Å². The summed E-state index contributed by atoms with van der Waals surface area (Å²) >= 11 is 0. The van der Waals surface area contributed by atoms with Crippen LogP contribution in [0, 0.1) is 0 Å². The molecule has 0 aliphatic carbocycles. The summed E-state index contributed by atoms with van der Waals surface area (Å²) in [6.07, 6.45) is 2.77. The maximum Gasteiger partial charge on any atom is 0.331 e. The molecule has 0 bridgehead atoms. The van der Waals surface area contributed by atoms with Crippen LogP contribution in [-0.4, -0.2) is 51.8 Å². The summed E-state index contributed by atoms with van der Waals surface area (Å²) in [5.41, 5.74) is 1.60. The number of ether oxygens (including phenoxy) is 4. The Morgan fingerprint density at radius 3 is 2.17 bits per heavy atom. The van der Waals surface area contributed by atoms with Gasteiger partial charge in [-0.05, 0) is 24.6 Å². The van der Waals surface area contributed by atoms with Gasteiger partial charge in [0.25, 0.3) is 5.91 Å². The number of esters is 1. The van der Waals surface area contributed by atoms with E-state index in [-0.39, 0.29) is 18.6 Å². The van der Waals surface area contributed by atoms with Crippen molar-refractivity contribution >= 4 is 18.0 Å². The van der Waals surface area contributed by atoms with Crippen molar-refractivity contribution < 1.29 is 28.5 Å². The molecule has 0 saturated heterocycles. The molecule has 0 aromatic heterocycles. The molecule has 2 rings (SSSR count). The maximum atomic E-state index is 12.4. The Morgan fingerprint density at radius 2 is 1.57 bits per heavy atom. The zero-order valence-corrected chi connectivity index (χ0v) is 17.9. The van der Waals surface area contributed by atoms with E-state index in [2.05, 4.69) is 0 Å². The third-order valence-corrected chi connectivity index (χ3v) is 4.73. The van der Waals surface area contributed by atoms with E-state index >= 15 is 0 Å². The van der Waals surface area contributed by atoms with Gasteiger partial charge in [0.1, 0.15) is 5.75 Å². The van der Waals surface area contributed by atoms with Crippen molar-refractivity contribution in [3.05, 3.63) is 59.7 Å². The molecule has 0 radical (unpaired) electrons. The molecule has 7 nitrogen and oxygen atoms in total. The fourth-order valence-corrected chi connectivity index (χ4v) is 2.79. The summed E-state index contributed by atoms with van der Waals surface area (Å²) in [6.45, 7) is 1.57. The number of carbonyl (C=O) groups is 2. The molecule has 2 aromatic carbocycles. The molecule has 160 valence electrons. The van der Waals surface area contributed by atoms with Crippen LogP contribution >= 0.6 is 0 Å². The predicted molar refractivity (Wildman–Crippen MR) is 114 cm³/mol. The van der Waals surface area contributed by atoms with Crippen molar-refractivity contribution in [2.75, 3.05) is 35.0 Å². The van der Waals surface area contributed by atoms with E-state index in [0.717, 1.165) is 5.56 Å². The molecule has 1 amide bonds. The van der Waals surface area contributed by atoms with Gasteiger partial charge in [-0.3, -0.25) is 4.79 Å². The highest BCUT2D eigenvalue weighted by molar-refractivity contribution is 5.90. The first kappa shape index (κ1) is 22.8. The van der Waals surface area contributed by atoms with Gasteiger partial charge in [-0.2, -0.15) is 0 Å². The van der Waals surface area contributed by atoms with Gasteiger partial charge in [-0.15, -0.1) is 0 Å². The molecule has 7 heteroatoms. The Kier molecular flexibility index (Phi) is 8.29. The van der Waals surface area contributed by atoms with Gasteiger partial charge in [0, 0.05) is 24.8 Å². The first-order valence-electron chi connectivity index (χ1n) is 9.36. The van der Waals surface area contributed by atoms with Crippen molar-refractivity contribution in [1.82, 2.24) is 4.90 Å². The summed E-state index contributed by atoms with van der Waals surface area (Å²) in [5, 5.41) is 0. The van der Waals surface area contributed by atoms with Crippen LogP contribution in [0.5, 0.6) is 17.2 Å². The van der Waals surface area contributed by atoms with Gasteiger partial charge < -0.3 is 23.8 Å². The van der Waals surface area contributed by atoms with Gasteiger partial charge in [0.15, 0.2) is 18.1 Å². The van der Waals surface area contributed by atoms with Gasteiger partial charge in [0.05, 0.1) is 27.4 Å². The topological polar surface area (TPSA) is 74.3 Å². The Hall–Kier alpha value is -3.48. The van der Waals surface area contributed by atoms with E-state index in [0.29, 0.717) is 22.8 Å². The number of benzene rings is 2. The van der Waals surface area contributed by atoms with Crippen molar-refractivity contribution in [1.29, 1.82) is 0 Å². The van der Waals surface area contributed by atoms with Crippen molar-refractivity contribution in [3.63, 3.8) is 0 Å². The first-order valence-corrected chi connectivity index (χ1v) is 9.36. The molecule has 0 aliphatic heterocycles. The second kappa shape index (κ2) is 10.9. The van der Waals surface area contributed by atoms with Gasteiger partial charge in [-0.1, -0.05) is 30.3 Å². The van der Waals surface area contributed by atoms with E-state index in [4.69, 9.17) is 18.9 Å². The number of rotatable bonds is 9. The Balaban J connectivity index is 1.98. The summed E-state index contributed by atoms with van der Waals surface area (Å²) in [5.74, 6) is 0.579. The summed E-state index contributed by atoms with van der Waals surface area (Å²) in [7, 11) is 6.24. The molecule has 0 heterocycles. The molecule has 2 aromatic rings. The smallest absolute Gasteiger partial charge is 0.331 e. The van der Waals surface area contributed by atoms with Crippen LogP contribution in [0.4, 0.5) is 0 Å². The SMILES string of the molecule is COc1cc(OC)c(OC)cc1/C=C/C(=O)OCC(=O)N(C)[C@H](C)c1ccccc1. The number of likely N-dealkylation sites (N-methyl/N-ethyl adjacent to an activating group) is 1. The van der Waals surface area contributed by atoms with E-state index < -0.39 is 5.97 Å². The van der Waals surface area contributed by atoms with Crippen molar-refractivity contribution in [2.24, 2.45) is 0 Å². The normalized spacial score (nSPS) is 11.6. The fraction of sp³-hybridized carbons (Fsp3) is 0.304. The van der Waals surface area contributed by atoms with Crippen LogP contribution in [0.3, 0.4) is 0 Å². The summed E-state index contributed by atoms with van der Waals surface area (Å²) in [4.78, 5) is 26.0. The lowest BCUT2D eigenvalue weighted by molar-refractivity contribution is -0.148. The van der Waals surface area contributed by atoms with Crippen molar-refractivity contribution in [3.8, 4) is 17.2 Å². The molecule has 0 aliphatic rings. The average Bonchev–Trinajstić information content (AvgIpc) is 2.79. The molecular formula is C23H27NO6. The number of nitrogens with zero attached hydrogens (tertiary/aromatic N) is 1. The second-order valence-corrected chi connectivity index (χ2v) is 6.48. The highest BCUT2D eigenvalue weighted by Crippen LogP contribution is 2.35. The summed E-state index contributed by atoms with van der Waals surface area (Å²) < 4.78 is 20.9. The number of methoxy groups -OCH3 is 3. The zero-order valence-electron chi connectivity index (χ0n) is 17.9. The molecule has 1 atom stereocenters. The van der Waals surface area contributed by atoms with Crippen LogP contribution in [0.1, 0.15) is 24.1 Å². The van der Waals surface area contributed by atoms with Crippen molar-refractivity contribution in [2.45, 2.75) is 13.0 Å². The fourth-order valence-electron chi connectivity index (χ4n) is 2.79. The predicted octanol–water partition coefficient (Wildman–Crippen LogP) is 3.49. The molecular weight excluding hydrogens is 386 g/mol. The van der Waals surface area contributed by atoms with Gasteiger partial charge in [0.2, 0.25) is 0 Å².